The summed E-state index contributed by atoms with van der Waals surface area (Å²) in [6.07, 6.45) is -10.3. The largest absolute Gasteiger partial charge is 0.509 e. The Hall–Kier alpha value is -3.05. The standard InChI is InChI=1S/C38H65NO14.C4H7NO4/c1-14-25-38(10)32(52-35(44)53-38)20(4)27(40)18(2)16-36(8,45)31(51-34-28(41)24(39(11)12)15-19(3)47-34)21(5)29(22(6)33(43)49-25)50-26-17-37(9,46-13)30(42)23(7)48-26;5-2(4(8)9)1-3(6)7/h18-26,28-32,34,41-42,45H,14-17H2,1-13H3;2H,1,5H2,(H,6,7)(H,8,9)/t18-,19-,20+,21+,22-,23+,24+,25-,26-,28-,29+,30+,31?,32-,34+,36-,37-,38-;2-/m11/s1. The van der Waals surface area contributed by atoms with Crippen molar-refractivity contribution < 1.29 is 87.4 Å². The van der Waals surface area contributed by atoms with E-state index in [2.05, 4.69) is 0 Å². The highest BCUT2D eigenvalue weighted by Gasteiger charge is 2.59. The van der Waals surface area contributed by atoms with E-state index >= 15 is 0 Å². The molecule has 0 aromatic heterocycles. The van der Waals surface area contributed by atoms with Gasteiger partial charge < -0.3 is 74.1 Å². The van der Waals surface area contributed by atoms with Crippen LogP contribution in [-0.4, -0.2) is 172 Å². The van der Waals surface area contributed by atoms with Crippen LogP contribution in [0.5, 0.6) is 0 Å². The fourth-order valence-electron chi connectivity index (χ4n) is 9.30. The second-order valence-corrected chi connectivity index (χ2v) is 18.4. The first-order valence-electron chi connectivity index (χ1n) is 21.3. The van der Waals surface area contributed by atoms with Crippen molar-refractivity contribution in [3.8, 4) is 0 Å². The topological polar surface area (TPSA) is 290 Å². The van der Waals surface area contributed by atoms with Crippen molar-refractivity contribution in [1.82, 2.24) is 4.90 Å². The van der Waals surface area contributed by atoms with Gasteiger partial charge in [-0.2, -0.15) is 0 Å². The summed E-state index contributed by atoms with van der Waals surface area (Å²) in [5, 5.41) is 51.0. The van der Waals surface area contributed by atoms with Gasteiger partial charge in [0.25, 0.3) is 0 Å². The number of carboxylic acid groups (broad SMARTS) is 2. The van der Waals surface area contributed by atoms with E-state index in [-0.39, 0.29) is 37.2 Å². The number of carboxylic acids is 2. The maximum atomic E-state index is 14.3. The predicted molar refractivity (Wildman–Crippen MR) is 217 cm³/mol. The summed E-state index contributed by atoms with van der Waals surface area (Å²) in [6, 6.07) is -1.61. The van der Waals surface area contributed by atoms with Crippen LogP contribution in [0.4, 0.5) is 4.79 Å². The molecule has 0 amide bonds. The molecular formula is C42H72N2O18. The number of esters is 1. The van der Waals surface area contributed by atoms with E-state index in [1.165, 1.54) is 7.11 Å². The van der Waals surface area contributed by atoms with Gasteiger partial charge in [-0.15, -0.1) is 0 Å². The number of aliphatic carboxylic acids is 2. The molecule has 4 saturated heterocycles. The van der Waals surface area contributed by atoms with E-state index in [0.717, 1.165) is 0 Å². The number of ketones is 1. The lowest BCUT2D eigenvalue weighted by molar-refractivity contribution is -0.318. The van der Waals surface area contributed by atoms with Crippen LogP contribution < -0.4 is 5.73 Å². The van der Waals surface area contributed by atoms with Gasteiger partial charge in [-0.3, -0.25) is 19.2 Å². The lowest BCUT2D eigenvalue weighted by Crippen LogP contribution is -2.61. The zero-order valence-corrected chi connectivity index (χ0v) is 38.3. The summed E-state index contributed by atoms with van der Waals surface area (Å²) in [6.45, 7) is 16.9. The Kier molecular flexibility index (Phi) is 18.3. The molecule has 4 heterocycles. The van der Waals surface area contributed by atoms with Gasteiger partial charge in [0.1, 0.15) is 30.1 Å². The van der Waals surface area contributed by atoms with E-state index in [4.69, 9.17) is 53.8 Å². The molecule has 358 valence electrons. The molecule has 7 N–H and O–H groups in total. The number of nitrogens with zero attached hydrogens (tertiary/aromatic N) is 1. The molecule has 19 atom stereocenters. The second kappa shape index (κ2) is 21.3. The molecule has 0 bridgehead atoms. The van der Waals surface area contributed by atoms with E-state index in [0.29, 0.717) is 6.42 Å². The number of likely N-dealkylation sites (N-methyl/N-ethyl adjacent to an activating group) is 1. The zero-order chi connectivity index (χ0) is 47.4. The number of methoxy groups -OCH3 is 1. The van der Waals surface area contributed by atoms with Crippen LogP contribution >= 0.6 is 0 Å². The molecule has 62 heavy (non-hydrogen) atoms. The number of rotatable bonds is 10. The fraction of sp³-hybridized carbons (Fsp3) is 0.881. The third-order valence-corrected chi connectivity index (χ3v) is 13.0. The maximum absolute atomic E-state index is 14.3. The minimum atomic E-state index is -1.78. The second-order valence-electron chi connectivity index (χ2n) is 18.4. The zero-order valence-electron chi connectivity index (χ0n) is 38.3. The highest BCUT2D eigenvalue weighted by Crippen LogP contribution is 2.43. The average Bonchev–Trinajstić information content (AvgIpc) is 3.49. The normalized spacial score (nSPS) is 43.8. The predicted octanol–water partition coefficient (Wildman–Crippen LogP) is 1.84. The summed E-state index contributed by atoms with van der Waals surface area (Å²) in [5.74, 6) is -7.04. The van der Waals surface area contributed by atoms with E-state index in [1.807, 2.05) is 25.9 Å². The summed E-state index contributed by atoms with van der Waals surface area (Å²) in [7, 11) is 5.20. The van der Waals surface area contributed by atoms with Gasteiger partial charge in [-0.05, 0) is 74.9 Å². The molecule has 4 aliphatic rings. The number of carbonyl (C=O) groups is 5. The molecule has 1 unspecified atom stereocenters. The van der Waals surface area contributed by atoms with Crippen molar-refractivity contribution in [2.24, 2.45) is 29.4 Å². The van der Waals surface area contributed by atoms with E-state index in [1.54, 1.807) is 62.3 Å². The lowest BCUT2D eigenvalue weighted by Gasteiger charge is -2.49. The highest BCUT2D eigenvalue weighted by molar-refractivity contribution is 5.84. The molecular weight excluding hydrogens is 820 g/mol. The molecule has 4 rings (SSSR count). The van der Waals surface area contributed by atoms with Gasteiger partial charge in [0.2, 0.25) is 0 Å². The van der Waals surface area contributed by atoms with Gasteiger partial charge in [0.15, 0.2) is 24.3 Å². The first-order valence-corrected chi connectivity index (χ1v) is 21.3. The summed E-state index contributed by atoms with van der Waals surface area (Å²) in [5.41, 5.74) is 0.509. The van der Waals surface area contributed by atoms with Gasteiger partial charge in [-0.1, -0.05) is 27.7 Å². The number of Topliss-reactive ketones (excluding diaryl/α,β-unsaturated/α-hetero) is 1. The van der Waals surface area contributed by atoms with Crippen LogP contribution in [0.3, 0.4) is 0 Å². The number of carbonyl (C=O) groups excluding carboxylic acids is 3. The highest BCUT2D eigenvalue weighted by atomic mass is 16.8. The average molecular weight is 893 g/mol. The number of fused-ring (bicyclic) bond motifs is 1. The van der Waals surface area contributed by atoms with Crippen molar-refractivity contribution in [1.29, 1.82) is 0 Å². The van der Waals surface area contributed by atoms with Gasteiger partial charge in [0.05, 0.1) is 53.9 Å². The summed E-state index contributed by atoms with van der Waals surface area (Å²) >= 11 is 0. The number of cyclic esters (lactones) is 1. The van der Waals surface area contributed by atoms with Gasteiger partial charge >= 0.3 is 24.1 Å². The Bertz CT molecular complexity index is 1560. The Balaban J connectivity index is 0.00000102. The summed E-state index contributed by atoms with van der Waals surface area (Å²) < 4.78 is 48.7. The van der Waals surface area contributed by atoms with Crippen molar-refractivity contribution in [2.45, 2.75) is 192 Å². The van der Waals surface area contributed by atoms with Gasteiger partial charge in [0, 0.05) is 31.4 Å². The lowest BCUT2D eigenvalue weighted by atomic mass is 9.74. The molecule has 0 aromatic rings. The van der Waals surface area contributed by atoms with Crippen molar-refractivity contribution in [3.05, 3.63) is 0 Å². The monoisotopic (exact) mass is 892 g/mol. The Morgan fingerprint density at radius 3 is 2.06 bits per heavy atom. The molecule has 20 nitrogen and oxygen atoms in total. The Labute approximate surface area is 363 Å². The number of hydrogen-bond acceptors (Lipinski definition) is 18. The SMILES string of the molecule is CC[C@H]1OC(=O)[C@H](C)[C@@H](O[C@@H]2C[C@@](C)(OC)[C@@H](O)[C@H](C)O2)[C@H](C)C(O[C@@H]2O[C@H](C)C[C@H](N(C)C)[C@H]2O)[C@](C)(O)C[C@@H](C)C(=O)[C@H](C)[C@H]2OC(=O)O[C@@]21C.N[C@H](CC(=O)O)C(=O)O. The smallest absolute Gasteiger partial charge is 0.481 e. The Morgan fingerprint density at radius 2 is 1.55 bits per heavy atom. The fourth-order valence-corrected chi connectivity index (χ4v) is 9.30. The molecule has 20 heteroatoms. The van der Waals surface area contributed by atoms with E-state index < -0.39 is 132 Å². The molecule has 4 fully saturated rings. The molecule has 0 aromatic carbocycles. The minimum Gasteiger partial charge on any atom is -0.481 e. The molecule has 0 radical (unpaired) electrons. The Morgan fingerprint density at radius 1 is 0.935 bits per heavy atom. The number of aliphatic hydroxyl groups excluding tert-OH is 2. The quantitative estimate of drug-likeness (QED) is 0.171. The first-order chi connectivity index (χ1) is 28.5. The molecule has 4 aliphatic heterocycles. The van der Waals surface area contributed by atoms with Crippen molar-refractivity contribution in [2.75, 3.05) is 21.2 Å². The number of nitrogens with two attached hydrogens (primary N) is 1. The number of aliphatic hydroxyl groups is 3. The number of ether oxygens (including phenoxy) is 8. The van der Waals surface area contributed by atoms with Crippen LogP contribution in [0, 0.1) is 23.7 Å². The van der Waals surface area contributed by atoms with Crippen LogP contribution in [0.1, 0.15) is 101 Å². The molecule has 0 spiro atoms. The summed E-state index contributed by atoms with van der Waals surface area (Å²) in [4.78, 5) is 62.6. The van der Waals surface area contributed by atoms with Crippen LogP contribution in [0.25, 0.3) is 0 Å². The van der Waals surface area contributed by atoms with Crippen LogP contribution in [-0.2, 0) is 57.1 Å². The molecule has 0 saturated carbocycles. The van der Waals surface area contributed by atoms with Crippen molar-refractivity contribution >= 4 is 29.8 Å². The van der Waals surface area contributed by atoms with Crippen LogP contribution in [0.2, 0.25) is 0 Å². The first kappa shape index (κ1) is 53.3. The third kappa shape index (κ3) is 12.2. The van der Waals surface area contributed by atoms with E-state index in [9.17, 15) is 39.3 Å². The van der Waals surface area contributed by atoms with Crippen molar-refractivity contribution in [3.63, 3.8) is 0 Å². The van der Waals surface area contributed by atoms with Crippen LogP contribution in [0.15, 0.2) is 0 Å². The number of hydrogen-bond donors (Lipinski definition) is 6. The molecule has 0 aliphatic carbocycles. The van der Waals surface area contributed by atoms with Gasteiger partial charge in [-0.25, -0.2) is 4.79 Å². The maximum Gasteiger partial charge on any atom is 0.509 e. The third-order valence-electron chi connectivity index (χ3n) is 13.0. The minimum absolute atomic E-state index is 0.0996.